The molecule has 0 bridgehead atoms. The molecule has 2 nitrogen and oxygen atoms in total. The zero-order chi connectivity index (χ0) is 10.7. The summed E-state index contributed by atoms with van der Waals surface area (Å²) >= 11 is 0. The van der Waals surface area contributed by atoms with Gasteiger partial charge in [0, 0.05) is 6.07 Å². The van der Waals surface area contributed by atoms with E-state index >= 15 is 0 Å². The first-order chi connectivity index (χ1) is 7.31. The van der Waals surface area contributed by atoms with E-state index in [1.54, 1.807) is 0 Å². The number of hydrogen-bond acceptors (Lipinski definition) is 2. The molecule has 15 heavy (non-hydrogen) atoms. The summed E-state index contributed by atoms with van der Waals surface area (Å²) in [6.45, 7) is 2.32. The van der Waals surface area contributed by atoms with Gasteiger partial charge in [-0.15, -0.1) is 4.52 Å². The molecule has 0 saturated heterocycles. The van der Waals surface area contributed by atoms with Gasteiger partial charge in [-0.1, -0.05) is 24.3 Å². The second kappa shape index (κ2) is 4.52. The van der Waals surface area contributed by atoms with Crippen molar-refractivity contribution in [3.63, 3.8) is 0 Å². The number of benzene rings is 2. The summed E-state index contributed by atoms with van der Waals surface area (Å²) in [5.41, 5.74) is 0. The molecule has 76 valence electrons. The fourth-order valence-electron chi connectivity index (χ4n) is 1.48. The van der Waals surface area contributed by atoms with E-state index in [0.29, 0.717) is 6.61 Å². The molecule has 0 radical (unpaired) electrons. The largest absolute Gasteiger partial charge is 0.548 e. The van der Waals surface area contributed by atoms with E-state index < -0.39 is 8.03 Å². The van der Waals surface area contributed by atoms with Crippen LogP contribution < -0.4 is 5.30 Å². The van der Waals surface area contributed by atoms with Crippen LogP contribution in [0.15, 0.2) is 42.5 Å². The van der Waals surface area contributed by atoms with E-state index in [9.17, 15) is 4.57 Å². The first kappa shape index (κ1) is 10.3. The summed E-state index contributed by atoms with van der Waals surface area (Å²) in [5.74, 6) is 0. The second-order valence-electron chi connectivity index (χ2n) is 3.21. The maximum Gasteiger partial charge on any atom is 0.548 e. The van der Waals surface area contributed by atoms with Crippen molar-refractivity contribution < 1.29 is 9.09 Å². The lowest BCUT2D eigenvalue weighted by molar-refractivity contribution is 0.357. The fourth-order valence-corrected chi connectivity index (χ4v) is 2.31. The SMILES string of the molecule is CCO[P+](=O)c1ccc2ccccc2c1. The Kier molecular flexibility index (Phi) is 3.10. The first-order valence-corrected chi connectivity index (χ1v) is 6.08. The van der Waals surface area contributed by atoms with Crippen molar-refractivity contribution in [1.29, 1.82) is 0 Å². The summed E-state index contributed by atoms with van der Waals surface area (Å²) in [4.78, 5) is 0. The highest BCUT2D eigenvalue weighted by molar-refractivity contribution is 7.48. The van der Waals surface area contributed by atoms with Crippen LogP contribution in [0.5, 0.6) is 0 Å². The van der Waals surface area contributed by atoms with E-state index in [-0.39, 0.29) is 0 Å². The summed E-state index contributed by atoms with van der Waals surface area (Å²) < 4.78 is 16.7. The van der Waals surface area contributed by atoms with Crippen molar-refractivity contribution >= 4 is 24.1 Å². The van der Waals surface area contributed by atoms with Crippen LogP contribution in [0, 0.1) is 0 Å². The van der Waals surface area contributed by atoms with Gasteiger partial charge in [0.05, 0.1) is 0 Å². The predicted octanol–water partition coefficient (Wildman–Crippen LogP) is 3.24. The van der Waals surface area contributed by atoms with Crippen LogP contribution in [-0.4, -0.2) is 6.61 Å². The second-order valence-corrected chi connectivity index (χ2v) is 4.50. The van der Waals surface area contributed by atoms with Gasteiger partial charge in [-0.25, -0.2) is 0 Å². The molecule has 0 aliphatic rings. The van der Waals surface area contributed by atoms with E-state index in [2.05, 4.69) is 0 Å². The molecule has 0 aromatic heterocycles. The molecule has 0 amide bonds. The van der Waals surface area contributed by atoms with Crippen molar-refractivity contribution in [2.45, 2.75) is 6.92 Å². The lowest BCUT2D eigenvalue weighted by atomic mass is 10.1. The third-order valence-electron chi connectivity index (χ3n) is 2.19. The maximum absolute atomic E-state index is 11.6. The van der Waals surface area contributed by atoms with E-state index in [1.165, 1.54) is 0 Å². The van der Waals surface area contributed by atoms with Crippen LogP contribution in [0.25, 0.3) is 10.8 Å². The van der Waals surface area contributed by atoms with Crippen LogP contribution in [-0.2, 0) is 9.09 Å². The number of hydrogen-bond donors (Lipinski definition) is 0. The normalized spacial score (nSPS) is 11.7. The Morgan fingerprint density at radius 2 is 1.87 bits per heavy atom. The molecule has 0 heterocycles. The zero-order valence-corrected chi connectivity index (χ0v) is 9.41. The van der Waals surface area contributed by atoms with Gasteiger partial charge in [-0.3, -0.25) is 0 Å². The minimum atomic E-state index is -1.70. The maximum atomic E-state index is 11.6. The van der Waals surface area contributed by atoms with Crippen molar-refractivity contribution in [3.05, 3.63) is 42.5 Å². The summed E-state index contributed by atoms with van der Waals surface area (Å²) in [5, 5.41) is 3.00. The van der Waals surface area contributed by atoms with E-state index in [1.807, 2.05) is 49.4 Å². The van der Waals surface area contributed by atoms with E-state index in [0.717, 1.165) is 16.1 Å². The minimum absolute atomic E-state index is 0.474. The Labute approximate surface area is 89.7 Å². The standard InChI is InChI=1S/C12H12O2P/c1-2-14-15(13)12-8-7-10-5-3-4-6-11(10)9-12/h3-9H,2H2,1H3/q+1. The number of fused-ring (bicyclic) bond motifs is 1. The lowest BCUT2D eigenvalue weighted by Crippen LogP contribution is -1.97. The van der Waals surface area contributed by atoms with Crippen molar-refractivity contribution in [2.75, 3.05) is 6.61 Å². The van der Waals surface area contributed by atoms with Crippen LogP contribution >= 0.6 is 8.03 Å². The molecule has 0 aliphatic carbocycles. The number of rotatable bonds is 3. The van der Waals surface area contributed by atoms with Crippen LogP contribution in [0.2, 0.25) is 0 Å². The molecule has 3 heteroatoms. The van der Waals surface area contributed by atoms with Gasteiger partial charge in [0.25, 0.3) is 0 Å². The molecule has 1 unspecified atom stereocenters. The molecule has 0 spiro atoms. The molecular weight excluding hydrogens is 207 g/mol. The Balaban J connectivity index is 2.42. The van der Waals surface area contributed by atoms with Gasteiger partial charge in [0.1, 0.15) is 6.61 Å². The Hall–Kier alpha value is -1.24. The van der Waals surface area contributed by atoms with Crippen LogP contribution in [0.1, 0.15) is 6.92 Å². The molecular formula is C12H12O2P+. The van der Waals surface area contributed by atoms with Gasteiger partial charge in [-0.05, 0) is 34.4 Å². The average molecular weight is 219 g/mol. The van der Waals surface area contributed by atoms with Gasteiger partial charge in [0.2, 0.25) is 5.30 Å². The summed E-state index contributed by atoms with van der Waals surface area (Å²) in [6.07, 6.45) is 0. The third-order valence-corrected chi connectivity index (χ3v) is 3.38. The topological polar surface area (TPSA) is 26.3 Å². The Morgan fingerprint density at radius 3 is 2.60 bits per heavy atom. The molecule has 0 aliphatic heterocycles. The fraction of sp³-hybridized carbons (Fsp3) is 0.167. The monoisotopic (exact) mass is 219 g/mol. The van der Waals surface area contributed by atoms with Crippen LogP contribution in [0.3, 0.4) is 0 Å². The lowest BCUT2D eigenvalue weighted by Gasteiger charge is -1.94. The first-order valence-electron chi connectivity index (χ1n) is 4.90. The Morgan fingerprint density at radius 1 is 1.13 bits per heavy atom. The van der Waals surface area contributed by atoms with Gasteiger partial charge >= 0.3 is 8.03 Å². The molecule has 0 N–H and O–H groups in total. The highest BCUT2D eigenvalue weighted by atomic mass is 31.1. The minimum Gasteiger partial charge on any atom is -0.142 e. The van der Waals surface area contributed by atoms with Gasteiger partial charge in [0.15, 0.2) is 0 Å². The zero-order valence-electron chi connectivity index (χ0n) is 8.51. The highest BCUT2D eigenvalue weighted by Crippen LogP contribution is 2.23. The van der Waals surface area contributed by atoms with Crippen molar-refractivity contribution in [3.8, 4) is 0 Å². The van der Waals surface area contributed by atoms with Gasteiger partial charge < -0.3 is 0 Å². The van der Waals surface area contributed by atoms with E-state index in [4.69, 9.17) is 4.52 Å². The average Bonchev–Trinajstić information content (AvgIpc) is 2.29. The molecule has 0 fully saturated rings. The molecule has 2 rings (SSSR count). The van der Waals surface area contributed by atoms with Crippen molar-refractivity contribution in [2.24, 2.45) is 0 Å². The van der Waals surface area contributed by atoms with Gasteiger partial charge in [-0.2, -0.15) is 0 Å². The third kappa shape index (κ3) is 2.23. The molecule has 0 saturated carbocycles. The molecule has 1 atom stereocenters. The van der Waals surface area contributed by atoms with Crippen LogP contribution in [0.4, 0.5) is 0 Å². The van der Waals surface area contributed by atoms with Crippen molar-refractivity contribution in [1.82, 2.24) is 0 Å². The quantitative estimate of drug-likeness (QED) is 0.741. The smallest absolute Gasteiger partial charge is 0.142 e. The summed E-state index contributed by atoms with van der Waals surface area (Å²) in [6, 6.07) is 13.8. The summed E-state index contributed by atoms with van der Waals surface area (Å²) in [7, 11) is -1.70. The molecule has 2 aromatic carbocycles. The predicted molar refractivity (Wildman–Crippen MR) is 62.8 cm³/mol. The molecule has 2 aromatic rings. The highest BCUT2D eigenvalue weighted by Gasteiger charge is 2.20. The Bertz CT molecular complexity index is 494.